The van der Waals surface area contributed by atoms with Crippen LogP contribution in [-0.2, 0) is 4.79 Å². The molecule has 1 rings (SSSR count). The Morgan fingerprint density at radius 3 is 3.00 bits per heavy atom. The van der Waals surface area contributed by atoms with Gasteiger partial charge in [0.1, 0.15) is 0 Å². The van der Waals surface area contributed by atoms with Crippen LogP contribution < -0.4 is 16.4 Å². The van der Waals surface area contributed by atoms with Gasteiger partial charge in [-0.05, 0) is 13.8 Å². The predicted molar refractivity (Wildman–Crippen MR) is 65.2 cm³/mol. The number of rotatable bonds is 5. The summed E-state index contributed by atoms with van der Waals surface area (Å²) in [7, 11) is 0. The minimum atomic E-state index is 0.129. The molecule has 0 aromatic carbocycles. The van der Waals surface area contributed by atoms with Crippen LogP contribution in [-0.4, -0.2) is 55.6 Å². The van der Waals surface area contributed by atoms with Gasteiger partial charge in [0.2, 0.25) is 5.91 Å². The zero-order chi connectivity index (χ0) is 12.0. The fraction of sp³-hybridized carbons (Fsp3) is 0.909. The van der Waals surface area contributed by atoms with Gasteiger partial charge < -0.3 is 16.4 Å². The molecule has 1 aliphatic heterocycles. The maximum absolute atomic E-state index is 11.5. The fourth-order valence-electron chi connectivity index (χ4n) is 1.97. The topological polar surface area (TPSA) is 70.4 Å². The van der Waals surface area contributed by atoms with Crippen molar-refractivity contribution in [2.45, 2.75) is 32.4 Å². The lowest BCUT2D eigenvalue weighted by molar-refractivity contribution is -0.122. The third kappa shape index (κ3) is 4.47. The monoisotopic (exact) mass is 228 g/mol. The third-order valence-corrected chi connectivity index (χ3v) is 2.82. The zero-order valence-corrected chi connectivity index (χ0v) is 10.3. The lowest BCUT2D eigenvalue weighted by atomic mass is 10.2. The zero-order valence-electron chi connectivity index (χ0n) is 10.3. The highest BCUT2D eigenvalue weighted by Crippen LogP contribution is 2.02. The van der Waals surface area contributed by atoms with Gasteiger partial charge in [0.15, 0.2) is 0 Å². The minimum absolute atomic E-state index is 0.129. The van der Waals surface area contributed by atoms with Gasteiger partial charge in [0.05, 0.1) is 0 Å². The molecule has 0 spiro atoms. The van der Waals surface area contributed by atoms with E-state index in [0.29, 0.717) is 19.0 Å². The fourth-order valence-corrected chi connectivity index (χ4v) is 1.97. The van der Waals surface area contributed by atoms with E-state index in [1.165, 1.54) is 0 Å². The molecule has 1 heterocycles. The second kappa shape index (κ2) is 6.83. The average Bonchev–Trinajstić information content (AvgIpc) is 2.26. The number of carbonyl (C=O) groups excluding carboxylic acids is 1. The first-order chi connectivity index (χ1) is 7.63. The third-order valence-electron chi connectivity index (χ3n) is 2.82. The largest absolute Gasteiger partial charge is 0.354 e. The second-order valence-corrected chi connectivity index (χ2v) is 4.60. The van der Waals surface area contributed by atoms with Crippen molar-refractivity contribution in [2.24, 2.45) is 5.73 Å². The number of carbonyl (C=O) groups is 1. The first-order valence-corrected chi connectivity index (χ1v) is 6.07. The van der Waals surface area contributed by atoms with E-state index < -0.39 is 0 Å². The molecule has 1 fully saturated rings. The van der Waals surface area contributed by atoms with Crippen molar-refractivity contribution in [2.75, 3.05) is 32.7 Å². The van der Waals surface area contributed by atoms with Crippen LogP contribution >= 0.6 is 0 Å². The summed E-state index contributed by atoms with van der Waals surface area (Å²) in [5.74, 6) is 0.129. The molecule has 0 saturated carbocycles. The summed E-state index contributed by atoms with van der Waals surface area (Å²) in [6.07, 6.45) is 0.564. The summed E-state index contributed by atoms with van der Waals surface area (Å²) in [6.45, 7) is 8.32. The maximum Gasteiger partial charge on any atom is 0.221 e. The van der Waals surface area contributed by atoms with Crippen LogP contribution in [0.2, 0.25) is 0 Å². The van der Waals surface area contributed by atoms with Gasteiger partial charge in [0.25, 0.3) is 0 Å². The van der Waals surface area contributed by atoms with Crippen molar-refractivity contribution >= 4 is 5.91 Å². The number of hydrogen-bond donors (Lipinski definition) is 3. The molecule has 0 bridgehead atoms. The molecule has 1 unspecified atom stereocenters. The highest BCUT2D eigenvalue weighted by molar-refractivity contribution is 5.76. The first-order valence-electron chi connectivity index (χ1n) is 6.07. The van der Waals surface area contributed by atoms with Crippen molar-refractivity contribution in [3.8, 4) is 0 Å². The lowest BCUT2D eigenvalue weighted by Gasteiger charge is -2.35. The number of nitrogens with two attached hydrogens (primary N) is 1. The van der Waals surface area contributed by atoms with Crippen molar-refractivity contribution in [3.05, 3.63) is 0 Å². The lowest BCUT2D eigenvalue weighted by Crippen LogP contribution is -2.55. The highest BCUT2D eigenvalue weighted by Gasteiger charge is 2.20. The van der Waals surface area contributed by atoms with Crippen LogP contribution in [0.1, 0.15) is 20.3 Å². The maximum atomic E-state index is 11.5. The number of nitrogens with one attached hydrogen (secondary N) is 2. The van der Waals surface area contributed by atoms with Crippen molar-refractivity contribution in [1.29, 1.82) is 0 Å². The Morgan fingerprint density at radius 2 is 2.38 bits per heavy atom. The Balaban J connectivity index is 2.27. The summed E-state index contributed by atoms with van der Waals surface area (Å²) < 4.78 is 0. The second-order valence-electron chi connectivity index (χ2n) is 4.60. The van der Waals surface area contributed by atoms with E-state index in [4.69, 9.17) is 5.73 Å². The molecule has 0 aromatic heterocycles. The normalized spacial score (nSPS) is 22.4. The SMILES string of the molecule is CC(C)NC(=O)CCN1CCNCC1CN. The quantitative estimate of drug-likeness (QED) is 0.572. The van der Waals surface area contributed by atoms with Crippen LogP contribution in [0.4, 0.5) is 0 Å². The van der Waals surface area contributed by atoms with Gasteiger partial charge in [-0.15, -0.1) is 0 Å². The summed E-state index contributed by atoms with van der Waals surface area (Å²) in [6, 6.07) is 0.599. The van der Waals surface area contributed by atoms with E-state index in [9.17, 15) is 4.79 Å². The van der Waals surface area contributed by atoms with Crippen molar-refractivity contribution in [1.82, 2.24) is 15.5 Å². The minimum Gasteiger partial charge on any atom is -0.354 e. The molecule has 1 amide bonds. The smallest absolute Gasteiger partial charge is 0.221 e. The van der Waals surface area contributed by atoms with Gasteiger partial charge in [0, 0.05) is 51.2 Å². The Bertz CT molecular complexity index is 220. The van der Waals surface area contributed by atoms with Crippen molar-refractivity contribution in [3.63, 3.8) is 0 Å². The molecule has 5 nitrogen and oxygen atoms in total. The number of hydrogen-bond acceptors (Lipinski definition) is 4. The molecule has 1 saturated heterocycles. The molecular weight excluding hydrogens is 204 g/mol. The highest BCUT2D eigenvalue weighted by atomic mass is 16.1. The molecule has 0 radical (unpaired) electrons. The van der Waals surface area contributed by atoms with Crippen LogP contribution in [0.15, 0.2) is 0 Å². The molecule has 1 aliphatic rings. The molecule has 0 aliphatic carbocycles. The molecule has 16 heavy (non-hydrogen) atoms. The van der Waals surface area contributed by atoms with Gasteiger partial charge >= 0.3 is 0 Å². The Labute approximate surface area is 97.7 Å². The Morgan fingerprint density at radius 1 is 1.62 bits per heavy atom. The van der Waals surface area contributed by atoms with Gasteiger partial charge in [-0.2, -0.15) is 0 Å². The van der Waals surface area contributed by atoms with Gasteiger partial charge in [-0.3, -0.25) is 9.69 Å². The number of nitrogens with zero attached hydrogens (tertiary/aromatic N) is 1. The molecule has 1 atom stereocenters. The Kier molecular flexibility index (Phi) is 5.73. The summed E-state index contributed by atoms with van der Waals surface area (Å²) in [5, 5.41) is 6.22. The molecule has 94 valence electrons. The molecule has 0 aromatic rings. The van der Waals surface area contributed by atoms with Crippen LogP contribution in [0, 0.1) is 0 Å². The summed E-state index contributed by atoms with van der Waals surface area (Å²) in [5.41, 5.74) is 5.70. The van der Waals surface area contributed by atoms with Gasteiger partial charge in [-0.1, -0.05) is 0 Å². The van der Waals surface area contributed by atoms with Crippen LogP contribution in [0.25, 0.3) is 0 Å². The first kappa shape index (κ1) is 13.4. The standard InChI is InChI=1S/C11H24N4O/c1-9(2)14-11(16)3-5-15-6-4-13-8-10(15)7-12/h9-10,13H,3-8,12H2,1-2H3,(H,14,16). The predicted octanol–water partition coefficient (Wildman–Crippen LogP) is -0.866. The van der Waals surface area contributed by atoms with E-state index in [1.807, 2.05) is 13.8 Å². The Hall–Kier alpha value is -0.650. The molecule has 4 N–H and O–H groups in total. The van der Waals surface area contributed by atoms with Crippen molar-refractivity contribution < 1.29 is 4.79 Å². The summed E-state index contributed by atoms with van der Waals surface area (Å²) >= 11 is 0. The van der Waals surface area contributed by atoms with Crippen LogP contribution in [0.5, 0.6) is 0 Å². The average molecular weight is 228 g/mol. The summed E-state index contributed by atoms with van der Waals surface area (Å²) in [4.78, 5) is 13.8. The van der Waals surface area contributed by atoms with E-state index in [1.54, 1.807) is 0 Å². The van der Waals surface area contributed by atoms with Crippen LogP contribution in [0.3, 0.4) is 0 Å². The van der Waals surface area contributed by atoms with E-state index >= 15 is 0 Å². The molecular formula is C11H24N4O. The van der Waals surface area contributed by atoms with E-state index in [-0.39, 0.29) is 11.9 Å². The number of amides is 1. The number of piperazine rings is 1. The van der Waals surface area contributed by atoms with E-state index in [2.05, 4.69) is 15.5 Å². The molecule has 5 heteroatoms. The van der Waals surface area contributed by atoms with Gasteiger partial charge in [-0.25, -0.2) is 0 Å². The van der Waals surface area contributed by atoms with E-state index in [0.717, 1.165) is 26.2 Å².